The molecule has 1 fully saturated rings. The summed E-state index contributed by atoms with van der Waals surface area (Å²) in [5, 5.41) is 0. The van der Waals surface area contributed by atoms with Crippen molar-refractivity contribution in [3.05, 3.63) is 34.3 Å². The Morgan fingerprint density at radius 2 is 1.83 bits per heavy atom. The van der Waals surface area contributed by atoms with Gasteiger partial charge in [0.1, 0.15) is 13.2 Å². The molecule has 0 unspecified atom stereocenters. The topological polar surface area (TPSA) is 63.7 Å². The number of carbonyl (C=O) groups is 3. The molecule has 1 saturated heterocycles. The Morgan fingerprint density at radius 1 is 1.22 bits per heavy atom. The van der Waals surface area contributed by atoms with Crippen LogP contribution >= 0.6 is 15.9 Å². The van der Waals surface area contributed by atoms with Crippen LogP contribution in [0.3, 0.4) is 0 Å². The molecule has 18 heavy (non-hydrogen) atoms. The molecule has 1 heterocycles. The molecular formula is C12H10BrNO4. The lowest BCUT2D eigenvalue weighted by molar-refractivity contribution is -0.157. The van der Waals surface area contributed by atoms with Crippen molar-refractivity contribution < 1.29 is 19.1 Å². The number of hydrogen-bond donors (Lipinski definition) is 0. The number of hydrogen-bond acceptors (Lipinski definition) is 4. The maximum atomic E-state index is 12.0. The smallest absolute Gasteiger partial charge is 0.255 e. The number of Topliss-reactive ketones (excluding diaryl/α,β-unsaturated/α-hetero) is 1. The summed E-state index contributed by atoms with van der Waals surface area (Å²) < 4.78 is 5.42. The van der Waals surface area contributed by atoms with Gasteiger partial charge in [-0.1, -0.05) is 34.1 Å². The molecule has 0 aliphatic carbocycles. The standard InChI is InChI=1S/C12H10BrNO4/c13-9-4-2-1-3-8(9)10(15)5-14-11(16)6-18-7-12(14)17/h1-4H,5-7H2. The first-order valence-corrected chi connectivity index (χ1v) is 6.07. The summed E-state index contributed by atoms with van der Waals surface area (Å²) in [7, 11) is 0. The van der Waals surface area contributed by atoms with Crippen LogP contribution in [0.4, 0.5) is 0 Å². The third-order valence-electron chi connectivity index (χ3n) is 2.53. The summed E-state index contributed by atoms with van der Waals surface area (Å²) >= 11 is 3.26. The highest BCUT2D eigenvalue weighted by atomic mass is 79.9. The number of rotatable bonds is 3. The van der Waals surface area contributed by atoms with Gasteiger partial charge in [-0.3, -0.25) is 19.3 Å². The van der Waals surface area contributed by atoms with Gasteiger partial charge in [0.15, 0.2) is 5.78 Å². The number of imide groups is 1. The second kappa shape index (κ2) is 5.41. The Balaban J connectivity index is 2.14. The average Bonchev–Trinajstić information content (AvgIpc) is 2.34. The molecule has 0 bridgehead atoms. The number of ether oxygens (including phenoxy) is 1. The van der Waals surface area contributed by atoms with Crippen molar-refractivity contribution in [2.24, 2.45) is 0 Å². The van der Waals surface area contributed by atoms with E-state index in [9.17, 15) is 14.4 Å². The number of nitrogens with zero attached hydrogens (tertiary/aromatic N) is 1. The molecule has 2 rings (SSSR count). The Bertz CT molecular complexity index is 499. The molecule has 0 saturated carbocycles. The van der Waals surface area contributed by atoms with Crippen LogP contribution in [-0.4, -0.2) is 42.3 Å². The van der Waals surface area contributed by atoms with Gasteiger partial charge in [0.05, 0.1) is 6.54 Å². The summed E-state index contributed by atoms with van der Waals surface area (Å²) in [6.07, 6.45) is 0. The van der Waals surface area contributed by atoms with Crippen LogP contribution < -0.4 is 0 Å². The molecule has 94 valence electrons. The number of ketones is 1. The zero-order chi connectivity index (χ0) is 13.1. The van der Waals surface area contributed by atoms with Crippen molar-refractivity contribution in [3.63, 3.8) is 0 Å². The highest BCUT2D eigenvalue weighted by Crippen LogP contribution is 2.17. The number of carbonyl (C=O) groups excluding carboxylic acids is 3. The van der Waals surface area contributed by atoms with Crippen LogP contribution in [0.25, 0.3) is 0 Å². The second-order valence-corrected chi connectivity index (χ2v) is 4.62. The SMILES string of the molecule is O=C(CN1C(=O)COCC1=O)c1ccccc1Br. The summed E-state index contributed by atoms with van der Waals surface area (Å²) in [4.78, 5) is 35.9. The lowest BCUT2D eigenvalue weighted by atomic mass is 10.1. The van der Waals surface area contributed by atoms with E-state index < -0.39 is 11.8 Å². The van der Waals surface area contributed by atoms with E-state index in [1.165, 1.54) is 0 Å². The van der Waals surface area contributed by atoms with Gasteiger partial charge in [0.2, 0.25) is 0 Å². The summed E-state index contributed by atoms with van der Waals surface area (Å²) in [6.45, 7) is -0.562. The van der Waals surface area contributed by atoms with E-state index in [-0.39, 0.29) is 25.5 Å². The third-order valence-corrected chi connectivity index (χ3v) is 3.22. The van der Waals surface area contributed by atoms with Crippen molar-refractivity contribution >= 4 is 33.5 Å². The number of benzene rings is 1. The van der Waals surface area contributed by atoms with E-state index >= 15 is 0 Å². The van der Waals surface area contributed by atoms with E-state index in [1.54, 1.807) is 24.3 Å². The molecule has 0 aromatic heterocycles. The van der Waals surface area contributed by atoms with Crippen LogP contribution in [0.2, 0.25) is 0 Å². The second-order valence-electron chi connectivity index (χ2n) is 3.77. The molecule has 6 heteroatoms. The molecule has 1 aromatic rings. The van der Waals surface area contributed by atoms with E-state index in [0.29, 0.717) is 10.0 Å². The Kier molecular flexibility index (Phi) is 3.88. The van der Waals surface area contributed by atoms with E-state index in [2.05, 4.69) is 15.9 Å². The Morgan fingerprint density at radius 3 is 2.44 bits per heavy atom. The summed E-state index contributed by atoms with van der Waals surface area (Å²) in [6, 6.07) is 6.88. The van der Waals surface area contributed by atoms with Gasteiger partial charge in [0.25, 0.3) is 11.8 Å². The Hall–Kier alpha value is -1.53. The minimum absolute atomic E-state index is 0.158. The molecule has 1 aliphatic heterocycles. The average molecular weight is 312 g/mol. The van der Waals surface area contributed by atoms with Crippen LogP contribution in [0.15, 0.2) is 28.7 Å². The molecule has 1 aromatic carbocycles. The van der Waals surface area contributed by atoms with E-state index in [1.807, 2.05) is 0 Å². The predicted octanol–water partition coefficient (Wildman–Crippen LogP) is 1.02. The highest BCUT2D eigenvalue weighted by Gasteiger charge is 2.29. The first kappa shape index (κ1) is 12.9. The largest absolute Gasteiger partial charge is 0.362 e. The zero-order valence-corrected chi connectivity index (χ0v) is 11.0. The predicted molar refractivity (Wildman–Crippen MR) is 66.0 cm³/mol. The number of amides is 2. The highest BCUT2D eigenvalue weighted by molar-refractivity contribution is 9.10. The van der Waals surface area contributed by atoms with Gasteiger partial charge >= 0.3 is 0 Å². The quantitative estimate of drug-likeness (QED) is 0.617. The van der Waals surface area contributed by atoms with Crippen molar-refractivity contribution in [2.75, 3.05) is 19.8 Å². The van der Waals surface area contributed by atoms with Crippen LogP contribution in [-0.2, 0) is 14.3 Å². The molecule has 0 atom stereocenters. The van der Waals surface area contributed by atoms with Crippen molar-refractivity contribution in [1.82, 2.24) is 4.90 Å². The molecule has 0 N–H and O–H groups in total. The summed E-state index contributed by atoms with van der Waals surface area (Å²) in [5.41, 5.74) is 0.449. The lowest BCUT2D eigenvalue weighted by Crippen LogP contribution is -2.48. The van der Waals surface area contributed by atoms with Crippen molar-refractivity contribution in [1.29, 1.82) is 0 Å². The minimum atomic E-state index is -0.480. The maximum absolute atomic E-state index is 12.0. The molecule has 0 spiro atoms. The minimum Gasteiger partial charge on any atom is -0.362 e. The molecule has 1 aliphatic rings. The van der Waals surface area contributed by atoms with Gasteiger partial charge in [0, 0.05) is 10.0 Å². The lowest BCUT2D eigenvalue weighted by Gasteiger charge is -2.24. The van der Waals surface area contributed by atoms with Gasteiger partial charge in [-0.2, -0.15) is 0 Å². The first-order valence-electron chi connectivity index (χ1n) is 5.28. The zero-order valence-electron chi connectivity index (χ0n) is 9.39. The maximum Gasteiger partial charge on any atom is 0.255 e. The van der Waals surface area contributed by atoms with Crippen LogP contribution in [0.5, 0.6) is 0 Å². The van der Waals surface area contributed by atoms with Gasteiger partial charge < -0.3 is 4.74 Å². The van der Waals surface area contributed by atoms with Gasteiger partial charge in [-0.25, -0.2) is 0 Å². The van der Waals surface area contributed by atoms with E-state index in [0.717, 1.165) is 4.90 Å². The summed E-state index contributed by atoms with van der Waals surface area (Å²) in [5.74, 6) is -1.25. The fraction of sp³-hybridized carbons (Fsp3) is 0.250. The van der Waals surface area contributed by atoms with Crippen LogP contribution in [0, 0.1) is 0 Å². The van der Waals surface area contributed by atoms with Crippen molar-refractivity contribution in [2.45, 2.75) is 0 Å². The number of morpholine rings is 1. The molecular weight excluding hydrogens is 302 g/mol. The van der Waals surface area contributed by atoms with Gasteiger partial charge in [-0.05, 0) is 6.07 Å². The van der Waals surface area contributed by atoms with E-state index in [4.69, 9.17) is 4.74 Å². The van der Waals surface area contributed by atoms with Crippen molar-refractivity contribution in [3.8, 4) is 0 Å². The van der Waals surface area contributed by atoms with Crippen LogP contribution in [0.1, 0.15) is 10.4 Å². The fourth-order valence-corrected chi connectivity index (χ4v) is 2.12. The number of halogens is 1. The monoisotopic (exact) mass is 311 g/mol. The molecule has 2 amide bonds. The Labute approximate surface area is 112 Å². The van der Waals surface area contributed by atoms with Gasteiger partial charge in [-0.15, -0.1) is 0 Å². The molecule has 0 radical (unpaired) electrons. The normalized spacial score (nSPS) is 15.9. The fourth-order valence-electron chi connectivity index (χ4n) is 1.61. The third kappa shape index (κ3) is 2.65. The first-order chi connectivity index (χ1) is 8.59. The molecule has 5 nitrogen and oxygen atoms in total.